The lowest BCUT2D eigenvalue weighted by molar-refractivity contribution is -0.138. The molecule has 1 amide bonds. The van der Waals surface area contributed by atoms with Crippen molar-refractivity contribution in [2.75, 3.05) is 19.6 Å². The Labute approximate surface area is 161 Å². The molecular weight excluding hydrogens is 338 g/mol. The number of benzene rings is 1. The smallest absolute Gasteiger partial charge is 0.226 e. The van der Waals surface area contributed by atoms with Gasteiger partial charge in [-0.3, -0.25) is 4.79 Å². The van der Waals surface area contributed by atoms with Crippen molar-refractivity contribution in [3.05, 3.63) is 53.2 Å². The summed E-state index contributed by atoms with van der Waals surface area (Å²) >= 11 is 0. The van der Waals surface area contributed by atoms with E-state index in [0.717, 1.165) is 56.2 Å². The fourth-order valence-corrected chi connectivity index (χ4v) is 4.21. The van der Waals surface area contributed by atoms with Gasteiger partial charge in [0.05, 0.1) is 6.54 Å². The van der Waals surface area contributed by atoms with E-state index in [0.29, 0.717) is 24.9 Å². The maximum atomic E-state index is 13.0. The predicted molar refractivity (Wildman–Crippen MR) is 104 cm³/mol. The first-order chi connectivity index (χ1) is 13.1. The van der Waals surface area contributed by atoms with E-state index >= 15 is 0 Å². The second-order valence-corrected chi connectivity index (χ2v) is 8.05. The van der Waals surface area contributed by atoms with Crippen LogP contribution in [0.3, 0.4) is 0 Å². The van der Waals surface area contributed by atoms with Crippen LogP contribution in [0.15, 0.2) is 34.7 Å². The van der Waals surface area contributed by atoms with E-state index < -0.39 is 0 Å². The topological polar surface area (TPSA) is 49.6 Å². The fraction of sp³-hybridized carbons (Fsp3) is 0.545. The third kappa shape index (κ3) is 4.08. The molecule has 2 aromatic rings. The zero-order valence-corrected chi connectivity index (χ0v) is 16.4. The summed E-state index contributed by atoms with van der Waals surface area (Å²) in [6.45, 7) is 7.85. The van der Waals surface area contributed by atoms with E-state index in [4.69, 9.17) is 9.40 Å². The molecule has 27 heavy (non-hydrogen) atoms. The van der Waals surface area contributed by atoms with Crippen LogP contribution in [0.5, 0.6) is 0 Å². The number of piperidine rings is 1. The molecule has 0 unspecified atom stereocenters. The van der Waals surface area contributed by atoms with Gasteiger partial charge >= 0.3 is 0 Å². The van der Waals surface area contributed by atoms with E-state index in [1.807, 2.05) is 23.1 Å². The Balaban J connectivity index is 1.37. The van der Waals surface area contributed by atoms with Gasteiger partial charge in [-0.15, -0.1) is 0 Å². The predicted octanol–water partition coefficient (Wildman–Crippen LogP) is 3.27. The SMILES string of the molecule is CC(C)N1CCC(C(=O)N2CCc3oc(Cc4ccccc4)nc3C2)CC1. The third-order valence-electron chi connectivity index (χ3n) is 5.89. The molecule has 0 N–H and O–H groups in total. The first-order valence-electron chi connectivity index (χ1n) is 10.1. The lowest BCUT2D eigenvalue weighted by Crippen LogP contribution is -2.45. The van der Waals surface area contributed by atoms with Crippen LogP contribution >= 0.6 is 0 Å². The molecule has 1 aromatic carbocycles. The highest BCUT2D eigenvalue weighted by atomic mass is 16.4. The number of carbonyl (C=O) groups is 1. The number of hydrogen-bond donors (Lipinski definition) is 0. The Morgan fingerprint density at radius 3 is 2.63 bits per heavy atom. The summed E-state index contributed by atoms with van der Waals surface area (Å²) in [7, 11) is 0. The van der Waals surface area contributed by atoms with Gasteiger partial charge in [-0.1, -0.05) is 30.3 Å². The van der Waals surface area contributed by atoms with E-state index in [1.54, 1.807) is 0 Å². The number of aromatic nitrogens is 1. The Morgan fingerprint density at radius 1 is 1.19 bits per heavy atom. The summed E-state index contributed by atoms with van der Waals surface area (Å²) in [5.74, 6) is 2.18. The van der Waals surface area contributed by atoms with E-state index in [-0.39, 0.29) is 5.92 Å². The van der Waals surface area contributed by atoms with Gasteiger partial charge in [0.25, 0.3) is 0 Å². The van der Waals surface area contributed by atoms with Crippen molar-refractivity contribution in [1.82, 2.24) is 14.8 Å². The van der Waals surface area contributed by atoms with Gasteiger partial charge < -0.3 is 14.2 Å². The molecule has 2 aliphatic rings. The number of oxazole rings is 1. The van der Waals surface area contributed by atoms with Crippen molar-refractivity contribution >= 4 is 5.91 Å². The highest BCUT2D eigenvalue weighted by Gasteiger charge is 2.32. The number of rotatable bonds is 4. The van der Waals surface area contributed by atoms with E-state index in [1.165, 1.54) is 5.56 Å². The maximum Gasteiger partial charge on any atom is 0.226 e. The second kappa shape index (κ2) is 7.85. The van der Waals surface area contributed by atoms with Crippen LogP contribution < -0.4 is 0 Å². The average Bonchev–Trinajstić information content (AvgIpc) is 3.09. The summed E-state index contributed by atoms with van der Waals surface area (Å²) in [6, 6.07) is 10.8. The molecular formula is C22H29N3O2. The summed E-state index contributed by atoms with van der Waals surface area (Å²) in [5, 5.41) is 0. The Morgan fingerprint density at radius 2 is 1.93 bits per heavy atom. The lowest BCUT2D eigenvalue weighted by Gasteiger charge is -2.36. The zero-order valence-electron chi connectivity index (χ0n) is 16.4. The number of hydrogen-bond acceptors (Lipinski definition) is 4. The zero-order chi connectivity index (χ0) is 18.8. The van der Waals surface area contributed by atoms with Crippen LogP contribution in [0.2, 0.25) is 0 Å². The Kier molecular flexibility index (Phi) is 5.30. The average molecular weight is 367 g/mol. The maximum absolute atomic E-state index is 13.0. The first kappa shape index (κ1) is 18.2. The van der Waals surface area contributed by atoms with Gasteiger partial charge in [0.15, 0.2) is 5.89 Å². The number of fused-ring (bicyclic) bond motifs is 1. The molecule has 1 aromatic heterocycles. The highest BCUT2D eigenvalue weighted by Crippen LogP contribution is 2.26. The Bertz CT molecular complexity index is 776. The minimum atomic E-state index is 0.164. The summed E-state index contributed by atoms with van der Waals surface area (Å²) in [5.41, 5.74) is 2.14. The second-order valence-electron chi connectivity index (χ2n) is 8.05. The number of carbonyl (C=O) groups excluding carboxylic acids is 1. The molecule has 0 bridgehead atoms. The van der Waals surface area contributed by atoms with Gasteiger partial charge in [0.2, 0.25) is 5.91 Å². The molecule has 1 fully saturated rings. The summed E-state index contributed by atoms with van der Waals surface area (Å²) in [6.07, 6.45) is 3.42. The molecule has 4 rings (SSSR count). The molecule has 0 atom stereocenters. The Hall–Kier alpha value is -2.14. The van der Waals surface area contributed by atoms with Crippen LogP contribution in [0.25, 0.3) is 0 Å². The highest BCUT2D eigenvalue weighted by molar-refractivity contribution is 5.79. The van der Waals surface area contributed by atoms with E-state index in [9.17, 15) is 4.79 Å². The fourth-order valence-electron chi connectivity index (χ4n) is 4.21. The molecule has 0 radical (unpaired) electrons. The number of nitrogens with zero attached hydrogens (tertiary/aromatic N) is 3. The number of amides is 1. The van der Waals surface area contributed by atoms with Crippen molar-refractivity contribution in [1.29, 1.82) is 0 Å². The summed E-state index contributed by atoms with van der Waals surface area (Å²) in [4.78, 5) is 22.1. The van der Waals surface area contributed by atoms with Crippen LogP contribution in [0, 0.1) is 5.92 Å². The minimum Gasteiger partial charge on any atom is -0.445 e. The molecule has 5 heteroatoms. The van der Waals surface area contributed by atoms with Gasteiger partial charge in [-0.25, -0.2) is 4.98 Å². The molecule has 2 aliphatic heterocycles. The van der Waals surface area contributed by atoms with E-state index in [2.05, 4.69) is 30.9 Å². The van der Waals surface area contributed by atoms with Gasteiger partial charge in [-0.2, -0.15) is 0 Å². The van der Waals surface area contributed by atoms with Crippen molar-refractivity contribution < 1.29 is 9.21 Å². The molecule has 5 nitrogen and oxygen atoms in total. The molecule has 144 valence electrons. The van der Waals surface area contributed by atoms with Gasteiger partial charge in [0.1, 0.15) is 11.5 Å². The molecule has 1 saturated heterocycles. The minimum absolute atomic E-state index is 0.164. The molecule has 0 spiro atoms. The standard InChI is InChI=1S/C22H29N3O2/c1-16(2)24-11-8-18(9-12-24)22(26)25-13-10-20-19(15-25)23-21(27-20)14-17-6-4-3-5-7-17/h3-7,16,18H,8-15H2,1-2H3. The van der Waals surface area contributed by atoms with Gasteiger partial charge in [-0.05, 0) is 45.3 Å². The number of likely N-dealkylation sites (tertiary alicyclic amines) is 1. The molecule has 0 saturated carbocycles. The largest absolute Gasteiger partial charge is 0.445 e. The van der Waals surface area contributed by atoms with Crippen molar-refractivity contribution in [3.8, 4) is 0 Å². The van der Waals surface area contributed by atoms with Crippen LogP contribution in [-0.2, 0) is 24.2 Å². The van der Waals surface area contributed by atoms with Crippen molar-refractivity contribution in [3.63, 3.8) is 0 Å². The first-order valence-corrected chi connectivity index (χ1v) is 10.1. The van der Waals surface area contributed by atoms with Crippen LogP contribution in [-0.4, -0.2) is 46.4 Å². The lowest BCUT2D eigenvalue weighted by atomic mass is 9.94. The van der Waals surface area contributed by atoms with Gasteiger partial charge in [0, 0.05) is 31.3 Å². The van der Waals surface area contributed by atoms with Crippen LogP contribution in [0.1, 0.15) is 49.6 Å². The monoisotopic (exact) mass is 367 g/mol. The molecule has 0 aliphatic carbocycles. The van der Waals surface area contributed by atoms with Crippen molar-refractivity contribution in [2.45, 2.75) is 52.1 Å². The molecule has 3 heterocycles. The third-order valence-corrected chi connectivity index (χ3v) is 5.89. The summed E-state index contributed by atoms with van der Waals surface area (Å²) < 4.78 is 5.97. The van der Waals surface area contributed by atoms with Crippen molar-refractivity contribution in [2.24, 2.45) is 5.92 Å². The van der Waals surface area contributed by atoms with Crippen LogP contribution in [0.4, 0.5) is 0 Å². The normalized spacial score (nSPS) is 18.7. The quantitative estimate of drug-likeness (QED) is 0.832.